The van der Waals surface area contributed by atoms with Crippen LogP contribution in [0.1, 0.15) is 94.4 Å². The second-order valence-corrected chi connectivity index (χ2v) is 22.9. The maximum absolute atomic E-state index is 14.1. The topological polar surface area (TPSA) is 218 Å². The SMILES string of the molecule is C.C.Cc1cnc(CC=O)n1C(c1ccccc1)(c1ccccc1)c1ccccc1.Cc1cnc(CCNCCc2nc3c(NCc4ncccc4F)nccc3o2)n1C(c1ccccc1)(c1ccccc1)c1ccccc1.Cl.NCCc1nc2c(NCc3ncccc3F)nccc2o1. The van der Waals surface area contributed by atoms with Gasteiger partial charge >= 0.3 is 0 Å². The Morgan fingerprint density at radius 1 is 0.450 bits per heavy atom. The number of hydrogen-bond donors (Lipinski definition) is 4. The van der Waals surface area contributed by atoms with Crippen LogP contribution in [-0.2, 0) is 54.6 Å². The highest BCUT2D eigenvalue weighted by Gasteiger charge is 2.42. The van der Waals surface area contributed by atoms with Crippen LogP contribution in [0.15, 0.2) is 264 Å². The summed E-state index contributed by atoms with van der Waals surface area (Å²) >= 11 is 0. The second kappa shape index (κ2) is 34.7. The number of aromatic nitrogens is 10. The van der Waals surface area contributed by atoms with E-state index in [1.165, 1.54) is 28.8 Å². The zero-order valence-corrected chi connectivity index (χ0v) is 54.9. The average Bonchev–Trinajstić information content (AvgIpc) is 1.26. The molecule has 0 aliphatic rings. The van der Waals surface area contributed by atoms with Gasteiger partial charge in [0.05, 0.1) is 30.9 Å². The Morgan fingerprint density at radius 2 is 0.810 bits per heavy atom. The Balaban J connectivity index is 0.000000190. The summed E-state index contributed by atoms with van der Waals surface area (Å²) in [4.78, 5) is 46.7. The van der Waals surface area contributed by atoms with E-state index in [0.29, 0.717) is 82.9 Å². The molecule has 6 aromatic carbocycles. The van der Waals surface area contributed by atoms with Crippen LogP contribution in [0.25, 0.3) is 22.2 Å². The van der Waals surface area contributed by atoms with Gasteiger partial charge in [-0.15, -0.1) is 12.4 Å². The van der Waals surface area contributed by atoms with E-state index in [2.05, 4.69) is 226 Å². The van der Waals surface area contributed by atoms with Gasteiger partial charge in [0.25, 0.3) is 0 Å². The molecule has 0 saturated heterocycles. The Labute approximate surface area is 587 Å². The molecule has 14 aromatic rings. The van der Waals surface area contributed by atoms with Gasteiger partial charge in [-0.05, 0) is 71.5 Å². The van der Waals surface area contributed by atoms with Crippen molar-refractivity contribution < 1.29 is 22.4 Å². The third-order valence-corrected chi connectivity index (χ3v) is 16.7. The van der Waals surface area contributed by atoms with Crippen LogP contribution in [0.4, 0.5) is 20.4 Å². The predicted octanol–water partition coefficient (Wildman–Crippen LogP) is 15.4. The minimum Gasteiger partial charge on any atom is -0.440 e. The van der Waals surface area contributed by atoms with Crippen molar-refractivity contribution in [1.29, 1.82) is 0 Å². The van der Waals surface area contributed by atoms with Gasteiger partial charge in [0.1, 0.15) is 40.6 Å². The normalized spacial score (nSPS) is 11.1. The fourth-order valence-electron chi connectivity index (χ4n) is 12.5. The number of fused-ring (bicyclic) bond motifs is 2. The summed E-state index contributed by atoms with van der Waals surface area (Å²) in [5, 5.41) is 9.75. The number of benzene rings is 6. The van der Waals surface area contributed by atoms with Crippen molar-refractivity contribution in [3.63, 3.8) is 0 Å². The first kappa shape index (κ1) is 72.9. The summed E-state index contributed by atoms with van der Waals surface area (Å²) in [5.41, 5.74) is 16.3. The van der Waals surface area contributed by atoms with Gasteiger partial charge in [-0.25, -0.2) is 38.7 Å². The summed E-state index contributed by atoms with van der Waals surface area (Å²) < 4.78 is 43.8. The maximum Gasteiger partial charge on any atom is 0.196 e. The molecule has 0 fully saturated rings. The number of hydrogen-bond acceptors (Lipinski definition) is 15. The lowest BCUT2D eigenvalue weighted by Crippen LogP contribution is -2.40. The largest absolute Gasteiger partial charge is 0.440 e. The predicted molar refractivity (Wildman–Crippen MR) is 393 cm³/mol. The minimum atomic E-state index is -0.622. The number of nitrogens with zero attached hydrogens (tertiary/aromatic N) is 10. The highest BCUT2D eigenvalue weighted by Crippen LogP contribution is 2.44. The lowest BCUT2D eigenvalue weighted by Gasteiger charge is -2.39. The van der Waals surface area contributed by atoms with Gasteiger partial charge in [0.15, 0.2) is 45.6 Å². The van der Waals surface area contributed by atoms with Crippen LogP contribution in [0.3, 0.4) is 0 Å². The molecular formula is C80H81ClF2N14O3. The van der Waals surface area contributed by atoms with Crippen molar-refractivity contribution in [2.75, 3.05) is 30.3 Å². The molecule has 8 aromatic heterocycles. The summed E-state index contributed by atoms with van der Waals surface area (Å²) in [5.74, 6) is 3.24. The number of carbonyl (C=O) groups excluding carboxylic acids is 1. The maximum atomic E-state index is 14.1. The van der Waals surface area contributed by atoms with Crippen molar-refractivity contribution >= 4 is 52.5 Å². The first-order chi connectivity index (χ1) is 47.7. The van der Waals surface area contributed by atoms with E-state index < -0.39 is 11.1 Å². The Hall–Kier alpha value is -11.4. The Morgan fingerprint density at radius 3 is 1.18 bits per heavy atom. The monoisotopic (exact) mass is 1360 g/mol. The van der Waals surface area contributed by atoms with Gasteiger partial charge in [-0.2, -0.15) is 0 Å². The number of nitrogens with one attached hydrogen (secondary N) is 3. The number of oxazole rings is 2. The van der Waals surface area contributed by atoms with E-state index >= 15 is 0 Å². The number of halogens is 3. The van der Waals surface area contributed by atoms with Crippen LogP contribution >= 0.6 is 12.4 Å². The summed E-state index contributed by atoms with van der Waals surface area (Å²) in [6, 6.07) is 72.7. The van der Waals surface area contributed by atoms with E-state index in [9.17, 15) is 13.6 Å². The third kappa shape index (κ3) is 15.8. The third-order valence-electron chi connectivity index (χ3n) is 16.7. The highest BCUT2D eigenvalue weighted by atomic mass is 35.5. The van der Waals surface area contributed by atoms with E-state index in [0.717, 1.165) is 59.0 Å². The fourth-order valence-corrected chi connectivity index (χ4v) is 12.5. The molecule has 510 valence electrons. The molecule has 0 spiro atoms. The van der Waals surface area contributed by atoms with Gasteiger partial charge < -0.3 is 44.4 Å². The molecule has 0 unspecified atom stereocenters. The highest BCUT2D eigenvalue weighted by molar-refractivity contribution is 5.86. The van der Waals surface area contributed by atoms with Crippen LogP contribution in [-0.4, -0.2) is 74.9 Å². The lowest BCUT2D eigenvalue weighted by molar-refractivity contribution is -0.107. The number of rotatable bonds is 24. The molecule has 100 heavy (non-hydrogen) atoms. The molecule has 20 heteroatoms. The van der Waals surface area contributed by atoms with Crippen molar-refractivity contribution in [3.05, 3.63) is 347 Å². The molecule has 0 amide bonds. The van der Waals surface area contributed by atoms with Crippen molar-refractivity contribution in [2.45, 2.75) is 78.6 Å². The molecule has 0 aliphatic heterocycles. The molecule has 0 saturated carbocycles. The standard InChI is InChI=1S/C39H36FN7O.C25H22N2O.C14H14FN5O.2CH4.ClH/c1-28-26-44-35(47(28)39(29-12-5-2-6-13-29,30-14-7-3-8-15-30)31-16-9-4-10-17-31)20-23-41-24-21-36-46-37-34(48-36)19-25-43-38(37)45-27-33-32(40)18-11-22-42-33;1-20-19-26-24(17-18-28)27(20)25(21-11-5-2-6-12-21,22-13-7-3-8-14-22)23-15-9-4-10-16-23;15-9-2-1-6-17-10(9)8-19-14-13-11(4-7-18-14)21-12(20-13)3-5-16;;;/h2-19,22,25-26,41H,20-21,23-24,27H2,1H3,(H,43,45);2-16,18-19H,17H2,1H3;1-2,4,6-7H,3,5,8,16H2,(H,18,19);2*1H4;1H. The Kier molecular flexibility index (Phi) is 25.3. The molecule has 0 aliphatic carbocycles. The van der Waals surface area contributed by atoms with Gasteiger partial charge in [0, 0.05) is 99.6 Å². The number of aldehydes is 1. The van der Waals surface area contributed by atoms with E-state index in [1.54, 1.807) is 49.1 Å². The average molecular weight is 1360 g/mol. The zero-order valence-electron chi connectivity index (χ0n) is 54.1. The van der Waals surface area contributed by atoms with Gasteiger partial charge in [-0.3, -0.25) is 9.97 Å². The van der Waals surface area contributed by atoms with Crippen molar-refractivity contribution in [2.24, 2.45) is 5.73 Å². The number of aryl methyl sites for hydroxylation is 2. The van der Waals surface area contributed by atoms with Gasteiger partial charge in [-0.1, -0.05) is 197 Å². The molecule has 0 atom stereocenters. The van der Waals surface area contributed by atoms with Crippen LogP contribution in [0.2, 0.25) is 0 Å². The van der Waals surface area contributed by atoms with Crippen LogP contribution in [0, 0.1) is 25.5 Å². The first-order valence-corrected chi connectivity index (χ1v) is 32.1. The van der Waals surface area contributed by atoms with Crippen molar-refractivity contribution in [3.8, 4) is 0 Å². The van der Waals surface area contributed by atoms with E-state index in [4.69, 9.17) is 24.5 Å². The first-order valence-electron chi connectivity index (χ1n) is 32.1. The van der Waals surface area contributed by atoms with Crippen LogP contribution in [0.5, 0.6) is 0 Å². The number of anilines is 2. The smallest absolute Gasteiger partial charge is 0.196 e. The van der Waals surface area contributed by atoms with E-state index in [-0.39, 0.29) is 58.4 Å². The molecule has 14 rings (SSSR count). The molecule has 8 heterocycles. The minimum absolute atomic E-state index is 0. The fraction of sp³-hybridized carbons (Fsp3) is 0.188. The summed E-state index contributed by atoms with van der Waals surface area (Å²) in [7, 11) is 0. The molecule has 0 radical (unpaired) electrons. The van der Waals surface area contributed by atoms with Gasteiger partial charge in [0.2, 0.25) is 0 Å². The number of carbonyl (C=O) groups is 1. The zero-order chi connectivity index (χ0) is 66.8. The molecule has 17 nitrogen and oxygen atoms in total. The molecule has 5 N–H and O–H groups in total. The molecular weight excluding hydrogens is 1280 g/mol. The lowest BCUT2D eigenvalue weighted by atomic mass is 9.76. The summed E-state index contributed by atoms with van der Waals surface area (Å²) in [6.45, 7) is 6.44. The number of imidazole rings is 2. The second-order valence-electron chi connectivity index (χ2n) is 22.9. The van der Waals surface area contributed by atoms with Crippen LogP contribution < -0.4 is 21.7 Å². The summed E-state index contributed by atoms with van der Waals surface area (Å²) in [6.07, 6.45) is 13.3. The van der Waals surface area contributed by atoms with E-state index in [1.807, 2.05) is 37.5 Å². The quantitative estimate of drug-likeness (QED) is 0.0251. The Bertz CT molecular complexity index is 4640. The number of nitrogens with two attached hydrogens (primary N) is 1. The molecule has 0 bridgehead atoms. The number of pyridine rings is 4. The van der Waals surface area contributed by atoms with Crippen molar-refractivity contribution in [1.82, 2.24) is 54.3 Å².